The number of amides is 1. The molecular formula is C18H29N3O5S2. The Morgan fingerprint density at radius 1 is 1.18 bits per heavy atom. The predicted molar refractivity (Wildman–Crippen MR) is 107 cm³/mol. The molecule has 2 rings (SSSR count). The molecule has 0 spiro atoms. The Balaban J connectivity index is 2.19. The van der Waals surface area contributed by atoms with Gasteiger partial charge in [0, 0.05) is 33.2 Å². The molecule has 0 aliphatic carbocycles. The molecule has 8 nitrogen and oxygen atoms in total. The number of nitrogens with one attached hydrogen (secondary N) is 1. The lowest BCUT2D eigenvalue weighted by Gasteiger charge is -2.31. The maximum atomic E-state index is 13.0. The van der Waals surface area contributed by atoms with Gasteiger partial charge in [0.15, 0.2) is 0 Å². The quantitative estimate of drug-likeness (QED) is 0.700. The number of hydrogen-bond donors (Lipinski definition) is 1. The van der Waals surface area contributed by atoms with Gasteiger partial charge in [-0.3, -0.25) is 4.79 Å². The van der Waals surface area contributed by atoms with Crippen molar-refractivity contribution in [1.82, 2.24) is 13.9 Å². The van der Waals surface area contributed by atoms with Crippen LogP contribution in [0, 0.1) is 5.92 Å². The molecular weight excluding hydrogens is 402 g/mol. The van der Waals surface area contributed by atoms with Crippen LogP contribution in [-0.2, 0) is 24.8 Å². The van der Waals surface area contributed by atoms with Crippen LogP contribution < -0.4 is 5.32 Å². The van der Waals surface area contributed by atoms with E-state index in [9.17, 15) is 21.6 Å². The topological polar surface area (TPSA) is 104 Å². The third-order valence-electron chi connectivity index (χ3n) is 5.00. The van der Waals surface area contributed by atoms with E-state index in [0.29, 0.717) is 19.4 Å². The maximum Gasteiger partial charge on any atom is 0.243 e. The van der Waals surface area contributed by atoms with Crippen LogP contribution >= 0.6 is 0 Å². The summed E-state index contributed by atoms with van der Waals surface area (Å²) in [5, 5.41) is 2.91. The summed E-state index contributed by atoms with van der Waals surface area (Å²) in [6, 6.07) is 5.23. The summed E-state index contributed by atoms with van der Waals surface area (Å²) in [7, 11) is -4.60. The molecule has 1 aromatic carbocycles. The van der Waals surface area contributed by atoms with Gasteiger partial charge in [0.2, 0.25) is 26.0 Å². The summed E-state index contributed by atoms with van der Waals surface area (Å²) in [6.07, 6.45) is 2.06. The second-order valence-electron chi connectivity index (χ2n) is 7.28. The molecule has 1 aliphatic heterocycles. The summed E-state index contributed by atoms with van der Waals surface area (Å²) >= 11 is 0. The van der Waals surface area contributed by atoms with Crippen LogP contribution in [0.15, 0.2) is 34.1 Å². The number of hydrogen-bond acceptors (Lipinski definition) is 5. The fourth-order valence-electron chi connectivity index (χ4n) is 2.98. The lowest BCUT2D eigenvalue weighted by atomic mass is 9.98. The summed E-state index contributed by atoms with van der Waals surface area (Å²) < 4.78 is 52.6. The Labute approximate surface area is 168 Å². The number of nitrogens with zero attached hydrogens (tertiary/aromatic N) is 2. The maximum absolute atomic E-state index is 13.0. The van der Waals surface area contributed by atoms with Gasteiger partial charge < -0.3 is 5.32 Å². The highest BCUT2D eigenvalue weighted by Gasteiger charge is 2.33. The summed E-state index contributed by atoms with van der Waals surface area (Å²) in [5.74, 6) is -0.507. The van der Waals surface area contributed by atoms with E-state index in [0.717, 1.165) is 10.7 Å². The smallest absolute Gasteiger partial charge is 0.243 e. The lowest BCUT2D eigenvalue weighted by Crippen LogP contribution is -2.47. The second kappa shape index (κ2) is 8.89. The van der Waals surface area contributed by atoms with Crippen molar-refractivity contribution in [2.75, 3.05) is 27.2 Å². The largest absolute Gasteiger partial charge is 0.353 e. The first-order valence-electron chi connectivity index (χ1n) is 9.33. The van der Waals surface area contributed by atoms with E-state index in [4.69, 9.17) is 0 Å². The van der Waals surface area contributed by atoms with E-state index >= 15 is 0 Å². The molecule has 0 aromatic heterocycles. The Morgan fingerprint density at radius 3 is 2.29 bits per heavy atom. The van der Waals surface area contributed by atoms with Crippen molar-refractivity contribution in [2.24, 2.45) is 5.92 Å². The molecule has 1 saturated heterocycles. The minimum absolute atomic E-state index is 0.0215. The van der Waals surface area contributed by atoms with E-state index in [-0.39, 0.29) is 34.2 Å². The van der Waals surface area contributed by atoms with Gasteiger partial charge in [-0.2, -0.15) is 4.31 Å². The first kappa shape index (κ1) is 22.8. The fraction of sp³-hybridized carbons (Fsp3) is 0.611. The number of rotatable bonds is 7. The molecule has 1 fully saturated rings. The Hall–Kier alpha value is -1.49. The Morgan fingerprint density at radius 2 is 1.75 bits per heavy atom. The van der Waals surface area contributed by atoms with E-state index < -0.39 is 20.0 Å². The third-order valence-corrected chi connectivity index (χ3v) is 8.70. The highest BCUT2D eigenvalue weighted by molar-refractivity contribution is 7.89. The molecule has 1 amide bonds. The lowest BCUT2D eigenvalue weighted by molar-refractivity contribution is -0.126. The molecule has 28 heavy (non-hydrogen) atoms. The fourth-order valence-corrected chi connectivity index (χ4v) is 5.41. The van der Waals surface area contributed by atoms with Crippen LogP contribution in [0.4, 0.5) is 0 Å². The SMILES string of the molecule is CC[C@@H](C)NC(=O)[C@H]1CCCN(S(=O)(=O)c2ccc(S(=O)(=O)N(C)C)cc2)C1. The summed E-state index contributed by atoms with van der Waals surface area (Å²) in [5.41, 5.74) is 0. The van der Waals surface area contributed by atoms with Gasteiger partial charge in [-0.25, -0.2) is 21.1 Å². The van der Waals surface area contributed by atoms with E-state index in [1.54, 1.807) is 0 Å². The average molecular weight is 432 g/mol. The Bertz CT molecular complexity index is 896. The van der Waals surface area contributed by atoms with Crippen molar-refractivity contribution in [2.45, 2.75) is 48.9 Å². The van der Waals surface area contributed by atoms with Crippen molar-refractivity contribution in [3.8, 4) is 0 Å². The predicted octanol–water partition coefficient (Wildman–Crippen LogP) is 1.25. The summed E-state index contributed by atoms with van der Waals surface area (Å²) in [4.78, 5) is 12.4. The van der Waals surface area contributed by atoms with Crippen LogP contribution in [0.2, 0.25) is 0 Å². The number of carbonyl (C=O) groups is 1. The van der Waals surface area contributed by atoms with Crippen LogP contribution in [0.25, 0.3) is 0 Å². The first-order chi connectivity index (χ1) is 13.0. The summed E-state index contributed by atoms with van der Waals surface area (Å²) in [6.45, 7) is 4.36. The number of carbonyl (C=O) groups excluding carboxylic acids is 1. The first-order valence-corrected chi connectivity index (χ1v) is 12.2. The van der Waals surface area contributed by atoms with E-state index in [1.807, 2.05) is 13.8 Å². The van der Waals surface area contributed by atoms with Gasteiger partial charge >= 0.3 is 0 Å². The van der Waals surface area contributed by atoms with Gasteiger partial charge in [-0.1, -0.05) is 6.92 Å². The molecule has 1 aliphatic rings. The molecule has 1 aromatic rings. The minimum atomic E-state index is -3.80. The molecule has 158 valence electrons. The molecule has 1 N–H and O–H groups in total. The zero-order valence-electron chi connectivity index (χ0n) is 16.8. The number of sulfonamides is 2. The van der Waals surface area contributed by atoms with Gasteiger partial charge in [-0.15, -0.1) is 0 Å². The van der Waals surface area contributed by atoms with Crippen LogP contribution in [0.3, 0.4) is 0 Å². The molecule has 2 atom stereocenters. The normalized spacial score (nSPS) is 20.1. The minimum Gasteiger partial charge on any atom is -0.353 e. The Kier molecular flexibility index (Phi) is 7.24. The molecule has 10 heteroatoms. The zero-order chi connectivity index (χ0) is 21.1. The van der Waals surface area contributed by atoms with Crippen molar-refractivity contribution < 1.29 is 21.6 Å². The van der Waals surface area contributed by atoms with Crippen molar-refractivity contribution in [3.63, 3.8) is 0 Å². The number of benzene rings is 1. The average Bonchev–Trinajstić information content (AvgIpc) is 2.67. The molecule has 1 heterocycles. The highest BCUT2D eigenvalue weighted by atomic mass is 32.2. The molecule has 0 unspecified atom stereocenters. The van der Waals surface area contributed by atoms with Crippen LogP contribution in [-0.4, -0.2) is 64.6 Å². The number of piperidine rings is 1. The van der Waals surface area contributed by atoms with Gasteiger partial charge in [0.05, 0.1) is 15.7 Å². The van der Waals surface area contributed by atoms with Crippen LogP contribution in [0.1, 0.15) is 33.1 Å². The second-order valence-corrected chi connectivity index (χ2v) is 11.4. The molecule has 0 radical (unpaired) electrons. The third kappa shape index (κ3) is 4.91. The molecule has 0 bridgehead atoms. The van der Waals surface area contributed by atoms with Crippen molar-refractivity contribution in [1.29, 1.82) is 0 Å². The monoisotopic (exact) mass is 431 g/mol. The van der Waals surface area contributed by atoms with Gasteiger partial charge in [0.25, 0.3) is 0 Å². The zero-order valence-corrected chi connectivity index (χ0v) is 18.4. The van der Waals surface area contributed by atoms with Crippen molar-refractivity contribution >= 4 is 26.0 Å². The van der Waals surface area contributed by atoms with E-state index in [1.165, 1.54) is 42.7 Å². The van der Waals surface area contributed by atoms with E-state index in [2.05, 4.69) is 5.32 Å². The van der Waals surface area contributed by atoms with Gasteiger partial charge in [0.1, 0.15) is 0 Å². The van der Waals surface area contributed by atoms with Crippen LogP contribution in [0.5, 0.6) is 0 Å². The standard InChI is InChI=1S/C18H29N3O5S2/c1-5-14(2)19-18(22)15-7-6-12-21(13-15)28(25,26)17-10-8-16(9-11-17)27(23,24)20(3)4/h8-11,14-15H,5-7,12-13H2,1-4H3,(H,19,22)/t14-,15+/m1/s1. The van der Waals surface area contributed by atoms with Gasteiger partial charge in [-0.05, 0) is 50.5 Å². The highest BCUT2D eigenvalue weighted by Crippen LogP contribution is 2.25. The molecule has 0 saturated carbocycles. The van der Waals surface area contributed by atoms with Crippen molar-refractivity contribution in [3.05, 3.63) is 24.3 Å².